The van der Waals surface area contributed by atoms with Gasteiger partial charge in [0.15, 0.2) is 0 Å². The highest BCUT2D eigenvalue weighted by Gasteiger charge is 2.38. The summed E-state index contributed by atoms with van der Waals surface area (Å²) in [5, 5.41) is 3.29. The third kappa shape index (κ3) is 6.28. The highest BCUT2D eigenvalue weighted by molar-refractivity contribution is 5.78. The molecular formula is C25H39FN4O2. The van der Waals surface area contributed by atoms with Crippen molar-refractivity contribution in [3.05, 3.63) is 35.6 Å². The largest absolute Gasteiger partial charge is 0.379 e. The van der Waals surface area contributed by atoms with Gasteiger partial charge in [-0.3, -0.25) is 19.5 Å². The van der Waals surface area contributed by atoms with Gasteiger partial charge in [0, 0.05) is 50.4 Å². The Morgan fingerprint density at radius 2 is 1.66 bits per heavy atom. The van der Waals surface area contributed by atoms with Crippen LogP contribution < -0.4 is 5.32 Å². The van der Waals surface area contributed by atoms with Crippen molar-refractivity contribution in [1.29, 1.82) is 0 Å². The number of hydrogen-bond acceptors (Lipinski definition) is 5. The maximum absolute atomic E-state index is 14.0. The van der Waals surface area contributed by atoms with Crippen LogP contribution in [0, 0.1) is 5.82 Å². The standard InChI is InChI=1S/C25H39FN4O2/c26-23-8-3-2-7-22(23)19-28-11-6-12-29(14-13-28)20-24(31)27-21-25(9-4-1-5-10-25)30-15-17-32-18-16-30/h2-3,7-8H,1,4-6,9-21H2,(H,27,31). The lowest BCUT2D eigenvalue weighted by Gasteiger charge is -2.48. The van der Waals surface area contributed by atoms with Crippen molar-refractivity contribution in [1.82, 2.24) is 20.0 Å². The van der Waals surface area contributed by atoms with Crippen molar-refractivity contribution >= 4 is 5.91 Å². The molecular weight excluding hydrogens is 407 g/mol. The summed E-state index contributed by atoms with van der Waals surface area (Å²) in [4.78, 5) is 20.0. The number of carbonyl (C=O) groups is 1. The summed E-state index contributed by atoms with van der Waals surface area (Å²) < 4.78 is 19.6. The number of hydrogen-bond donors (Lipinski definition) is 1. The predicted molar refractivity (Wildman–Crippen MR) is 124 cm³/mol. The number of morpholine rings is 1. The number of rotatable bonds is 7. The van der Waals surface area contributed by atoms with Crippen LogP contribution in [0.5, 0.6) is 0 Å². The zero-order chi connectivity index (χ0) is 22.2. The Morgan fingerprint density at radius 1 is 0.938 bits per heavy atom. The first-order valence-electron chi connectivity index (χ1n) is 12.4. The average Bonchev–Trinajstić information content (AvgIpc) is 3.05. The first-order chi connectivity index (χ1) is 15.6. The topological polar surface area (TPSA) is 48.1 Å². The van der Waals surface area contributed by atoms with E-state index in [1.807, 2.05) is 12.1 Å². The summed E-state index contributed by atoms with van der Waals surface area (Å²) in [5.41, 5.74) is 0.854. The number of ether oxygens (including phenoxy) is 1. The van der Waals surface area contributed by atoms with Crippen LogP contribution in [0.3, 0.4) is 0 Å². The van der Waals surface area contributed by atoms with Crippen LogP contribution in [0.4, 0.5) is 4.39 Å². The maximum Gasteiger partial charge on any atom is 0.234 e. The Hall–Kier alpha value is -1.54. The van der Waals surface area contributed by atoms with E-state index in [0.29, 0.717) is 13.1 Å². The van der Waals surface area contributed by atoms with E-state index in [2.05, 4.69) is 20.0 Å². The van der Waals surface area contributed by atoms with E-state index in [-0.39, 0.29) is 17.3 Å². The van der Waals surface area contributed by atoms with Crippen LogP contribution in [0.25, 0.3) is 0 Å². The molecule has 7 heteroatoms. The molecule has 0 spiro atoms. The molecule has 6 nitrogen and oxygen atoms in total. The smallest absolute Gasteiger partial charge is 0.234 e. The van der Waals surface area contributed by atoms with E-state index in [0.717, 1.165) is 71.0 Å². The molecule has 1 aromatic carbocycles. The Morgan fingerprint density at radius 3 is 2.44 bits per heavy atom. The van der Waals surface area contributed by atoms with Crippen molar-refractivity contribution in [3.63, 3.8) is 0 Å². The molecule has 0 unspecified atom stereocenters. The zero-order valence-corrected chi connectivity index (χ0v) is 19.4. The highest BCUT2D eigenvalue weighted by Crippen LogP contribution is 2.33. The van der Waals surface area contributed by atoms with E-state index < -0.39 is 0 Å². The average molecular weight is 447 g/mol. The first-order valence-corrected chi connectivity index (χ1v) is 12.4. The molecule has 1 amide bonds. The molecule has 1 N–H and O–H groups in total. The lowest BCUT2D eigenvalue weighted by molar-refractivity contribution is -0.123. The number of nitrogens with zero attached hydrogens (tertiary/aromatic N) is 3. The summed E-state index contributed by atoms with van der Waals surface area (Å²) in [6.45, 7) is 8.93. The lowest BCUT2D eigenvalue weighted by Crippen LogP contribution is -2.60. The number of amides is 1. The number of carbonyl (C=O) groups excluding carboxylic acids is 1. The Labute approximate surface area is 192 Å². The Kier molecular flexibility index (Phi) is 8.52. The minimum atomic E-state index is -0.134. The zero-order valence-electron chi connectivity index (χ0n) is 19.4. The molecule has 32 heavy (non-hydrogen) atoms. The van der Waals surface area contributed by atoms with Crippen molar-refractivity contribution in [2.75, 3.05) is 65.6 Å². The first kappa shape index (κ1) is 23.6. The molecule has 4 rings (SSSR count). The second-order valence-electron chi connectivity index (χ2n) is 9.66. The number of benzene rings is 1. The second kappa shape index (κ2) is 11.5. The van der Waals surface area contributed by atoms with Crippen molar-refractivity contribution in [2.45, 2.75) is 50.6 Å². The van der Waals surface area contributed by atoms with E-state index in [1.165, 1.54) is 38.2 Å². The van der Waals surface area contributed by atoms with Gasteiger partial charge in [-0.15, -0.1) is 0 Å². The summed E-state index contributed by atoms with van der Waals surface area (Å²) in [7, 11) is 0. The monoisotopic (exact) mass is 446 g/mol. The van der Waals surface area contributed by atoms with E-state index in [4.69, 9.17) is 4.74 Å². The lowest BCUT2D eigenvalue weighted by atomic mass is 9.79. The van der Waals surface area contributed by atoms with Gasteiger partial charge >= 0.3 is 0 Å². The van der Waals surface area contributed by atoms with Gasteiger partial charge in [0.2, 0.25) is 5.91 Å². The molecule has 0 bridgehead atoms. The van der Waals surface area contributed by atoms with E-state index >= 15 is 0 Å². The number of halogens is 1. The molecule has 178 valence electrons. The number of nitrogens with one attached hydrogen (secondary N) is 1. The third-order valence-electron chi connectivity index (χ3n) is 7.48. The summed E-state index contributed by atoms with van der Waals surface area (Å²) >= 11 is 0. The summed E-state index contributed by atoms with van der Waals surface area (Å²) in [6, 6.07) is 7.02. The van der Waals surface area contributed by atoms with Crippen molar-refractivity contribution in [2.24, 2.45) is 0 Å². The molecule has 2 heterocycles. The molecule has 1 aromatic rings. The maximum atomic E-state index is 14.0. The van der Waals surface area contributed by atoms with Gasteiger partial charge < -0.3 is 10.1 Å². The summed E-state index contributed by atoms with van der Waals surface area (Å²) in [5.74, 6) is -0.00403. The molecule has 0 atom stereocenters. The predicted octanol–water partition coefficient (Wildman–Crippen LogP) is 2.48. The fourth-order valence-electron chi connectivity index (χ4n) is 5.58. The van der Waals surface area contributed by atoms with Gasteiger partial charge in [-0.05, 0) is 38.4 Å². The van der Waals surface area contributed by atoms with Gasteiger partial charge in [-0.2, -0.15) is 0 Å². The summed E-state index contributed by atoms with van der Waals surface area (Å²) in [6.07, 6.45) is 7.13. The van der Waals surface area contributed by atoms with Gasteiger partial charge in [0.1, 0.15) is 5.82 Å². The van der Waals surface area contributed by atoms with Gasteiger partial charge in [-0.25, -0.2) is 4.39 Å². The molecule has 1 aliphatic carbocycles. The van der Waals surface area contributed by atoms with Gasteiger partial charge in [-0.1, -0.05) is 37.5 Å². The van der Waals surface area contributed by atoms with E-state index in [9.17, 15) is 9.18 Å². The minimum absolute atomic E-state index is 0.104. The van der Waals surface area contributed by atoms with Crippen LogP contribution in [0.15, 0.2) is 24.3 Å². The van der Waals surface area contributed by atoms with E-state index in [1.54, 1.807) is 6.07 Å². The molecule has 2 saturated heterocycles. The van der Waals surface area contributed by atoms with Crippen LogP contribution in [-0.2, 0) is 16.1 Å². The van der Waals surface area contributed by atoms with Crippen LogP contribution in [0.1, 0.15) is 44.1 Å². The molecule has 0 radical (unpaired) electrons. The SMILES string of the molecule is O=C(CN1CCCN(Cc2ccccc2F)CC1)NCC1(N2CCOCC2)CCCCC1. The minimum Gasteiger partial charge on any atom is -0.379 e. The van der Waals surface area contributed by atoms with Gasteiger partial charge in [0.05, 0.1) is 19.8 Å². The molecule has 0 aromatic heterocycles. The fourth-order valence-corrected chi connectivity index (χ4v) is 5.58. The normalized spacial score (nSPS) is 23.5. The fraction of sp³-hybridized carbons (Fsp3) is 0.720. The molecule has 1 saturated carbocycles. The van der Waals surface area contributed by atoms with Gasteiger partial charge in [0.25, 0.3) is 0 Å². The molecule has 2 aliphatic heterocycles. The Bertz CT molecular complexity index is 734. The quantitative estimate of drug-likeness (QED) is 0.697. The van der Waals surface area contributed by atoms with Crippen LogP contribution in [0.2, 0.25) is 0 Å². The molecule has 3 fully saturated rings. The van der Waals surface area contributed by atoms with Crippen molar-refractivity contribution in [3.8, 4) is 0 Å². The van der Waals surface area contributed by atoms with Crippen LogP contribution in [-0.4, -0.2) is 91.7 Å². The third-order valence-corrected chi connectivity index (χ3v) is 7.48. The van der Waals surface area contributed by atoms with Crippen molar-refractivity contribution < 1.29 is 13.9 Å². The van der Waals surface area contributed by atoms with Crippen LogP contribution >= 0.6 is 0 Å². The Balaban J connectivity index is 1.25. The molecule has 3 aliphatic rings. The highest BCUT2D eigenvalue weighted by atomic mass is 19.1. The second-order valence-corrected chi connectivity index (χ2v) is 9.66.